The molecule has 1 aromatic carbocycles. The average Bonchev–Trinajstić information content (AvgIpc) is 2.45. The molecule has 0 saturated carbocycles. The van der Waals surface area contributed by atoms with Gasteiger partial charge in [0.1, 0.15) is 0 Å². The van der Waals surface area contributed by atoms with Crippen LogP contribution in [0.4, 0.5) is 5.69 Å². The topological polar surface area (TPSA) is 37.4 Å². The van der Waals surface area contributed by atoms with E-state index in [9.17, 15) is 9.59 Å². The molecule has 1 fully saturated rings. The number of hydrogen-bond acceptors (Lipinski definition) is 2. The van der Waals surface area contributed by atoms with Gasteiger partial charge in [-0.25, -0.2) is 0 Å². The lowest BCUT2D eigenvalue weighted by Gasteiger charge is -2.19. The molecule has 17 heavy (non-hydrogen) atoms. The molecule has 0 unspecified atom stereocenters. The van der Waals surface area contributed by atoms with E-state index in [4.69, 9.17) is 11.6 Å². The molecule has 1 heterocycles. The van der Waals surface area contributed by atoms with Gasteiger partial charge in [0, 0.05) is 17.3 Å². The first-order valence-corrected chi connectivity index (χ1v) is 6.57. The fraction of sp³-hybridized carbons (Fsp3) is 0.333. The molecule has 3 nitrogen and oxygen atoms in total. The number of halogens is 2. The fourth-order valence-electron chi connectivity index (χ4n) is 1.83. The van der Waals surface area contributed by atoms with E-state index in [2.05, 4.69) is 15.9 Å². The lowest BCUT2D eigenvalue weighted by molar-refractivity contribution is -0.125. The van der Waals surface area contributed by atoms with Crippen molar-refractivity contribution in [2.45, 2.75) is 25.7 Å². The molecule has 5 heteroatoms. The highest BCUT2D eigenvalue weighted by molar-refractivity contribution is 9.10. The van der Waals surface area contributed by atoms with Crippen LogP contribution in [-0.2, 0) is 9.59 Å². The molecule has 1 aliphatic rings. The first-order chi connectivity index (χ1) is 8.09. The van der Waals surface area contributed by atoms with Gasteiger partial charge in [-0.15, -0.1) is 0 Å². The Bertz CT molecular complexity index is 458. The second-order valence-corrected chi connectivity index (χ2v) is 5.19. The third kappa shape index (κ3) is 2.69. The summed E-state index contributed by atoms with van der Waals surface area (Å²) in [5.41, 5.74) is 0.582. The van der Waals surface area contributed by atoms with Crippen molar-refractivity contribution in [1.29, 1.82) is 0 Å². The summed E-state index contributed by atoms with van der Waals surface area (Å²) in [6.45, 7) is 0. The molecule has 0 spiro atoms. The first kappa shape index (κ1) is 12.6. The Hall–Kier alpha value is -0.870. The van der Waals surface area contributed by atoms with Crippen molar-refractivity contribution in [2.75, 3.05) is 4.90 Å². The molecule has 1 saturated heterocycles. The minimum absolute atomic E-state index is 0.137. The summed E-state index contributed by atoms with van der Waals surface area (Å²) in [6, 6.07) is 5.06. The molecule has 0 bridgehead atoms. The Morgan fingerprint density at radius 2 is 1.71 bits per heavy atom. The third-order valence-corrected chi connectivity index (χ3v) is 3.91. The predicted molar refractivity (Wildman–Crippen MR) is 70.1 cm³/mol. The van der Waals surface area contributed by atoms with Crippen molar-refractivity contribution >= 4 is 45.0 Å². The number of rotatable bonds is 1. The molecule has 1 aliphatic heterocycles. The zero-order valence-electron chi connectivity index (χ0n) is 9.08. The Morgan fingerprint density at radius 1 is 1.12 bits per heavy atom. The number of amides is 2. The number of carbonyl (C=O) groups excluding carboxylic acids is 2. The van der Waals surface area contributed by atoms with Gasteiger partial charge >= 0.3 is 0 Å². The second-order valence-electron chi connectivity index (χ2n) is 3.93. The van der Waals surface area contributed by atoms with E-state index in [-0.39, 0.29) is 11.8 Å². The fourth-order valence-corrected chi connectivity index (χ4v) is 2.31. The molecular weight excluding hydrogens is 305 g/mol. The third-order valence-electron chi connectivity index (χ3n) is 2.69. The number of anilines is 1. The normalized spacial score (nSPS) is 17.2. The summed E-state index contributed by atoms with van der Waals surface area (Å²) in [6.07, 6.45) is 2.39. The largest absolute Gasteiger partial charge is 0.274 e. The quantitative estimate of drug-likeness (QED) is 0.743. The highest BCUT2D eigenvalue weighted by Crippen LogP contribution is 2.29. The minimum Gasteiger partial charge on any atom is -0.274 e. The van der Waals surface area contributed by atoms with Crippen LogP contribution in [0.3, 0.4) is 0 Å². The van der Waals surface area contributed by atoms with Crippen LogP contribution in [0.25, 0.3) is 0 Å². The molecule has 0 atom stereocenters. The number of carbonyl (C=O) groups is 2. The van der Waals surface area contributed by atoms with Crippen molar-refractivity contribution < 1.29 is 9.59 Å². The zero-order chi connectivity index (χ0) is 12.4. The summed E-state index contributed by atoms with van der Waals surface area (Å²) in [4.78, 5) is 25.0. The second kappa shape index (κ2) is 5.19. The van der Waals surface area contributed by atoms with E-state index >= 15 is 0 Å². The van der Waals surface area contributed by atoms with Gasteiger partial charge in [0.25, 0.3) is 0 Å². The van der Waals surface area contributed by atoms with Gasteiger partial charge in [-0.3, -0.25) is 14.5 Å². The monoisotopic (exact) mass is 315 g/mol. The van der Waals surface area contributed by atoms with Crippen molar-refractivity contribution in [2.24, 2.45) is 0 Å². The SMILES string of the molecule is O=C1CCCCC(=O)N1c1ccc(Cl)c(Br)c1. The minimum atomic E-state index is -0.137. The maximum absolute atomic E-state index is 11.9. The maximum Gasteiger partial charge on any atom is 0.233 e. The predicted octanol–water partition coefficient (Wildman–Crippen LogP) is 3.54. The first-order valence-electron chi connectivity index (χ1n) is 5.40. The summed E-state index contributed by atoms with van der Waals surface area (Å²) in [5, 5.41) is 0.559. The smallest absolute Gasteiger partial charge is 0.233 e. The van der Waals surface area contributed by atoms with Crippen molar-refractivity contribution in [3.05, 3.63) is 27.7 Å². The standard InChI is InChI=1S/C12H11BrClNO2/c13-9-7-8(5-6-10(9)14)15-11(16)3-1-2-4-12(15)17/h5-7H,1-4H2. The van der Waals surface area contributed by atoms with Gasteiger partial charge in [-0.1, -0.05) is 11.6 Å². The van der Waals surface area contributed by atoms with Crippen molar-refractivity contribution in [3.63, 3.8) is 0 Å². The Kier molecular flexibility index (Phi) is 3.84. The van der Waals surface area contributed by atoms with Gasteiger partial charge in [0.2, 0.25) is 11.8 Å². The molecule has 2 rings (SSSR count). The van der Waals surface area contributed by atoms with E-state index < -0.39 is 0 Å². The van der Waals surface area contributed by atoms with Crippen LogP contribution in [0, 0.1) is 0 Å². The summed E-state index contributed by atoms with van der Waals surface area (Å²) in [5.74, 6) is -0.275. The highest BCUT2D eigenvalue weighted by Gasteiger charge is 2.25. The van der Waals surface area contributed by atoms with Crippen LogP contribution in [0.1, 0.15) is 25.7 Å². The van der Waals surface area contributed by atoms with E-state index in [0.29, 0.717) is 28.0 Å². The van der Waals surface area contributed by atoms with Crippen LogP contribution in [-0.4, -0.2) is 11.8 Å². The average molecular weight is 317 g/mol. The van der Waals surface area contributed by atoms with Crippen LogP contribution >= 0.6 is 27.5 Å². The molecule has 0 aromatic heterocycles. The lowest BCUT2D eigenvalue weighted by atomic mass is 10.2. The number of imide groups is 1. The van der Waals surface area contributed by atoms with Crippen LogP contribution in [0.2, 0.25) is 5.02 Å². The van der Waals surface area contributed by atoms with Gasteiger partial charge in [0.15, 0.2) is 0 Å². The van der Waals surface area contributed by atoms with Crippen LogP contribution in [0.15, 0.2) is 22.7 Å². The molecular formula is C12H11BrClNO2. The van der Waals surface area contributed by atoms with E-state index in [0.717, 1.165) is 12.8 Å². The van der Waals surface area contributed by atoms with Gasteiger partial charge in [-0.2, -0.15) is 0 Å². The maximum atomic E-state index is 11.9. The van der Waals surface area contributed by atoms with E-state index in [1.54, 1.807) is 18.2 Å². The lowest BCUT2D eigenvalue weighted by Crippen LogP contribution is -2.35. The number of benzene rings is 1. The Morgan fingerprint density at radius 3 is 2.24 bits per heavy atom. The van der Waals surface area contributed by atoms with Crippen LogP contribution in [0.5, 0.6) is 0 Å². The van der Waals surface area contributed by atoms with Gasteiger partial charge < -0.3 is 0 Å². The summed E-state index contributed by atoms with van der Waals surface area (Å²) in [7, 11) is 0. The van der Waals surface area contributed by atoms with Crippen molar-refractivity contribution in [1.82, 2.24) is 0 Å². The highest BCUT2D eigenvalue weighted by atomic mass is 79.9. The number of nitrogens with zero attached hydrogens (tertiary/aromatic N) is 1. The van der Waals surface area contributed by atoms with E-state index in [1.165, 1.54) is 4.90 Å². The van der Waals surface area contributed by atoms with Gasteiger partial charge in [0.05, 0.1) is 10.7 Å². The Balaban J connectivity index is 2.38. The molecule has 90 valence electrons. The summed E-state index contributed by atoms with van der Waals surface area (Å²) >= 11 is 9.18. The Labute approximate surface area is 113 Å². The molecule has 1 aromatic rings. The zero-order valence-corrected chi connectivity index (χ0v) is 11.4. The molecule has 2 amide bonds. The van der Waals surface area contributed by atoms with Crippen LogP contribution < -0.4 is 4.90 Å². The molecule has 0 radical (unpaired) electrons. The molecule has 0 N–H and O–H groups in total. The number of hydrogen-bond donors (Lipinski definition) is 0. The van der Waals surface area contributed by atoms with Crippen molar-refractivity contribution in [3.8, 4) is 0 Å². The molecule has 0 aliphatic carbocycles. The van der Waals surface area contributed by atoms with Gasteiger partial charge in [-0.05, 0) is 47.0 Å². The van der Waals surface area contributed by atoms with E-state index in [1.807, 2.05) is 0 Å². The summed E-state index contributed by atoms with van der Waals surface area (Å²) < 4.78 is 0.682.